The molecule has 0 radical (unpaired) electrons. The molecule has 3 rings (SSSR count). The molecule has 1 aromatic rings. The van der Waals surface area contributed by atoms with Crippen LogP contribution in [0.25, 0.3) is 0 Å². The van der Waals surface area contributed by atoms with Gasteiger partial charge in [-0.1, -0.05) is 12.1 Å². The maximum absolute atomic E-state index is 13.4. The Morgan fingerprint density at radius 2 is 1.96 bits per heavy atom. The number of rotatable bonds is 4. The highest BCUT2D eigenvalue weighted by Gasteiger charge is 2.41. The number of nitrogens with two attached hydrogens (primary N) is 1. The molecule has 27 heavy (non-hydrogen) atoms. The minimum atomic E-state index is -0.236. The lowest BCUT2D eigenvalue weighted by Crippen LogP contribution is -2.51. The summed E-state index contributed by atoms with van der Waals surface area (Å²) in [5.74, 6) is 1.15. The van der Waals surface area contributed by atoms with Crippen LogP contribution >= 0.6 is 0 Å². The highest BCUT2D eigenvalue weighted by Crippen LogP contribution is 2.38. The first-order valence-electron chi connectivity index (χ1n) is 9.86. The molecule has 2 heterocycles. The molecule has 1 aromatic carbocycles. The number of carbonyl (C=O) groups excluding carboxylic acids is 2. The van der Waals surface area contributed by atoms with E-state index < -0.39 is 0 Å². The van der Waals surface area contributed by atoms with Crippen LogP contribution in [0.2, 0.25) is 0 Å². The molecule has 2 saturated heterocycles. The molecule has 0 saturated carbocycles. The summed E-state index contributed by atoms with van der Waals surface area (Å²) in [4.78, 5) is 29.5. The van der Waals surface area contributed by atoms with Crippen LogP contribution in [0.5, 0.6) is 5.75 Å². The lowest BCUT2D eigenvalue weighted by Gasteiger charge is -2.42. The largest absolute Gasteiger partial charge is 0.497 e. The van der Waals surface area contributed by atoms with Crippen molar-refractivity contribution >= 4 is 11.8 Å². The highest BCUT2D eigenvalue weighted by molar-refractivity contribution is 5.85. The Kier molecular flexibility index (Phi) is 6.05. The second-order valence-electron chi connectivity index (χ2n) is 7.91. The number of amides is 2. The van der Waals surface area contributed by atoms with Crippen LogP contribution in [-0.4, -0.2) is 54.9 Å². The van der Waals surface area contributed by atoms with Gasteiger partial charge >= 0.3 is 0 Å². The molecule has 0 bridgehead atoms. The second-order valence-corrected chi connectivity index (χ2v) is 7.91. The van der Waals surface area contributed by atoms with E-state index >= 15 is 0 Å². The summed E-state index contributed by atoms with van der Waals surface area (Å²) in [6.45, 7) is 3.53. The molecule has 0 aliphatic carbocycles. The molecule has 148 valence electrons. The summed E-state index contributed by atoms with van der Waals surface area (Å²) in [5, 5.41) is 0. The molecule has 2 N–H and O–H groups in total. The van der Waals surface area contributed by atoms with E-state index in [0.29, 0.717) is 18.8 Å². The minimum Gasteiger partial charge on any atom is -0.497 e. The van der Waals surface area contributed by atoms with E-state index in [1.165, 1.54) is 0 Å². The van der Waals surface area contributed by atoms with Gasteiger partial charge in [0.15, 0.2) is 0 Å². The summed E-state index contributed by atoms with van der Waals surface area (Å²) >= 11 is 0. The average molecular weight is 373 g/mol. The van der Waals surface area contributed by atoms with E-state index in [1.807, 2.05) is 36.1 Å². The SMILES string of the molecule is COc1ccc(C2C(C(=O)N3CCCC(C(C)N)C3)CCC(=O)N2C)cc1. The summed E-state index contributed by atoms with van der Waals surface area (Å²) in [7, 11) is 3.43. The van der Waals surface area contributed by atoms with Gasteiger partial charge in [-0.05, 0) is 49.8 Å². The van der Waals surface area contributed by atoms with Crippen molar-refractivity contribution in [3.05, 3.63) is 29.8 Å². The Labute approximate surface area is 161 Å². The Bertz CT molecular complexity index is 674. The molecule has 4 atom stereocenters. The minimum absolute atomic E-state index is 0.0898. The number of hydrogen-bond donors (Lipinski definition) is 1. The molecule has 6 heteroatoms. The number of carbonyl (C=O) groups is 2. The summed E-state index contributed by atoms with van der Waals surface area (Å²) in [5.41, 5.74) is 7.07. The lowest BCUT2D eigenvalue weighted by molar-refractivity contribution is -0.147. The molecule has 4 unspecified atom stereocenters. The zero-order valence-electron chi connectivity index (χ0n) is 16.6. The number of methoxy groups -OCH3 is 1. The Hall–Kier alpha value is -2.08. The maximum atomic E-state index is 13.4. The first-order chi connectivity index (χ1) is 12.9. The predicted molar refractivity (Wildman–Crippen MR) is 104 cm³/mol. The van der Waals surface area contributed by atoms with Crippen molar-refractivity contribution in [1.29, 1.82) is 0 Å². The summed E-state index contributed by atoms with van der Waals surface area (Å²) in [6, 6.07) is 7.54. The predicted octanol–water partition coefficient (Wildman–Crippen LogP) is 2.19. The fourth-order valence-electron chi connectivity index (χ4n) is 4.43. The molecule has 2 aliphatic heterocycles. The third kappa shape index (κ3) is 4.10. The van der Waals surface area contributed by atoms with E-state index in [4.69, 9.17) is 10.5 Å². The van der Waals surface area contributed by atoms with Crippen LogP contribution in [0.4, 0.5) is 0 Å². The van der Waals surface area contributed by atoms with Gasteiger partial charge in [0.2, 0.25) is 11.8 Å². The number of benzene rings is 1. The van der Waals surface area contributed by atoms with Crippen molar-refractivity contribution in [2.24, 2.45) is 17.6 Å². The fourth-order valence-corrected chi connectivity index (χ4v) is 4.43. The van der Waals surface area contributed by atoms with Gasteiger partial charge in [-0.25, -0.2) is 0 Å². The smallest absolute Gasteiger partial charge is 0.228 e. The topological polar surface area (TPSA) is 75.9 Å². The van der Waals surface area contributed by atoms with Gasteiger partial charge in [0, 0.05) is 32.6 Å². The zero-order valence-corrected chi connectivity index (χ0v) is 16.6. The lowest BCUT2D eigenvalue weighted by atomic mass is 9.82. The van der Waals surface area contributed by atoms with Crippen molar-refractivity contribution in [3.63, 3.8) is 0 Å². The zero-order chi connectivity index (χ0) is 19.6. The normalized spacial score (nSPS) is 27.4. The average Bonchev–Trinajstić information content (AvgIpc) is 2.69. The fraction of sp³-hybridized carbons (Fsp3) is 0.619. The van der Waals surface area contributed by atoms with Crippen LogP contribution in [0, 0.1) is 11.8 Å². The van der Waals surface area contributed by atoms with Gasteiger partial charge in [-0.15, -0.1) is 0 Å². The van der Waals surface area contributed by atoms with Crippen LogP contribution in [0.15, 0.2) is 24.3 Å². The van der Waals surface area contributed by atoms with Gasteiger partial charge < -0.3 is 20.3 Å². The van der Waals surface area contributed by atoms with Crippen LogP contribution in [0.3, 0.4) is 0 Å². The molecular formula is C21H31N3O3. The molecule has 0 aromatic heterocycles. The van der Waals surface area contributed by atoms with E-state index in [9.17, 15) is 9.59 Å². The number of ether oxygens (including phenoxy) is 1. The molecule has 2 amide bonds. The first-order valence-corrected chi connectivity index (χ1v) is 9.86. The third-order valence-electron chi connectivity index (χ3n) is 6.15. The highest BCUT2D eigenvalue weighted by atomic mass is 16.5. The van der Waals surface area contributed by atoms with Crippen molar-refractivity contribution in [2.75, 3.05) is 27.2 Å². The van der Waals surface area contributed by atoms with Crippen molar-refractivity contribution in [1.82, 2.24) is 9.80 Å². The Morgan fingerprint density at radius 3 is 2.59 bits per heavy atom. The van der Waals surface area contributed by atoms with Gasteiger partial charge in [0.1, 0.15) is 5.75 Å². The van der Waals surface area contributed by atoms with Crippen molar-refractivity contribution < 1.29 is 14.3 Å². The van der Waals surface area contributed by atoms with E-state index in [1.54, 1.807) is 19.1 Å². The van der Waals surface area contributed by atoms with Crippen molar-refractivity contribution in [3.8, 4) is 5.75 Å². The van der Waals surface area contributed by atoms with Gasteiger partial charge in [-0.2, -0.15) is 0 Å². The number of nitrogens with zero attached hydrogens (tertiary/aromatic N) is 2. The van der Waals surface area contributed by atoms with E-state index in [0.717, 1.165) is 37.2 Å². The van der Waals surface area contributed by atoms with E-state index in [2.05, 4.69) is 0 Å². The first kappa shape index (κ1) is 19.7. The number of hydrogen-bond acceptors (Lipinski definition) is 4. The van der Waals surface area contributed by atoms with Crippen molar-refractivity contribution in [2.45, 2.75) is 44.7 Å². The van der Waals surface area contributed by atoms with Crippen LogP contribution < -0.4 is 10.5 Å². The molecule has 2 aliphatic rings. The standard InChI is InChI=1S/C21H31N3O3/c1-14(22)16-5-4-12-24(13-16)21(26)18-10-11-19(25)23(2)20(18)15-6-8-17(27-3)9-7-15/h6-9,14,16,18,20H,4-5,10-13,22H2,1-3H3. The molecular weight excluding hydrogens is 342 g/mol. The van der Waals surface area contributed by atoms with E-state index in [-0.39, 0.29) is 29.8 Å². The summed E-state index contributed by atoms with van der Waals surface area (Å²) in [6.07, 6.45) is 3.08. The monoisotopic (exact) mass is 373 g/mol. The van der Waals surface area contributed by atoms with Gasteiger partial charge in [0.05, 0.1) is 19.1 Å². The number of likely N-dealkylation sites (tertiary alicyclic amines) is 2. The molecule has 2 fully saturated rings. The Balaban J connectivity index is 1.84. The van der Waals surface area contributed by atoms with Gasteiger partial charge in [0.25, 0.3) is 0 Å². The second kappa shape index (κ2) is 8.30. The quantitative estimate of drug-likeness (QED) is 0.878. The Morgan fingerprint density at radius 1 is 1.26 bits per heavy atom. The maximum Gasteiger partial charge on any atom is 0.228 e. The van der Waals surface area contributed by atoms with Crippen LogP contribution in [-0.2, 0) is 9.59 Å². The van der Waals surface area contributed by atoms with Gasteiger partial charge in [-0.3, -0.25) is 9.59 Å². The molecule has 0 spiro atoms. The molecule has 6 nitrogen and oxygen atoms in total. The third-order valence-corrected chi connectivity index (χ3v) is 6.15. The number of piperidine rings is 2. The summed E-state index contributed by atoms with van der Waals surface area (Å²) < 4.78 is 5.24. The van der Waals surface area contributed by atoms with Crippen LogP contribution in [0.1, 0.15) is 44.2 Å².